The third kappa shape index (κ3) is 9.02. The molecule has 52 valence electrons. The van der Waals surface area contributed by atoms with E-state index in [1.807, 2.05) is 0 Å². The zero-order valence-corrected chi connectivity index (χ0v) is 8.58. The molecule has 0 aliphatic rings. The Morgan fingerprint density at radius 2 is 2.00 bits per heavy atom. The highest BCUT2D eigenvalue weighted by molar-refractivity contribution is 6.93. The smallest absolute Gasteiger partial charge is 0.406 e. The zero-order chi connectivity index (χ0) is 7.33. The molecule has 0 radical (unpaired) electrons. The fourth-order valence-corrected chi connectivity index (χ4v) is 1.01. The Morgan fingerprint density at radius 3 is 2.33 bits per heavy atom. The van der Waals surface area contributed by atoms with Gasteiger partial charge in [0, 0.05) is 6.61 Å². The third-order valence-electron chi connectivity index (χ3n) is 0.757. The maximum absolute atomic E-state index is 5.54. The van der Waals surface area contributed by atoms with Crippen molar-refractivity contribution >= 4 is 28.3 Å². The van der Waals surface area contributed by atoms with Crippen LogP contribution in [0.5, 0.6) is 0 Å². The molecule has 1 nitrogen and oxygen atoms in total. The summed E-state index contributed by atoms with van der Waals surface area (Å²) in [6.07, 6.45) is 0. The molecule has 0 aliphatic carbocycles. The van der Waals surface area contributed by atoms with E-state index < -0.39 is 19.3 Å². The zero-order valence-electron chi connectivity index (χ0n) is 6.41. The maximum atomic E-state index is 5.54. The van der Waals surface area contributed by atoms with Gasteiger partial charge in [-0.05, 0) is 10.2 Å². The molecule has 0 aromatic carbocycles. The summed E-state index contributed by atoms with van der Waals surface area (Å²) >= 11 is -0.405. The Labute approximate surface area is 70.6 Å². The van der Waals surface area contributed by atoms with Crippen molar-refractivity contribution < 1.29 is 4.74 Å². The van der Waals surface area contributed by atoms with Crippen LogP contribution in [-0.4, -0.2) is 30.6 Å². The molecule has 0 aliphatic heterocycles. The Balaban J connectivity index is 3.07. The van der Waals surface area contributed by atoms with Gasteiger partial charge in [-0.2, -0.15) is 0 Å². The molecule has 0 spiro atoms. The van der Waals surface area contributed by atoms with E-state index in [4.69, 9.17) is 13.8 Å². The average molecular weight is 161 g/mol. The van der Waals surface area contributed by atoms with Crippen molar-refractivity contribution in [2.75, 3.05) is 11.3 Å². The molecular weight excluding hydrogens is 148 g/mol. The maximum Gasteiger partial charge on any atom is 0.532 e. The summed E-state index contributed by atoms with van der Waals surface area (Å²) in [6.45, 7) is 7.29. The molecule has 3 heteroatoms. The first-order valence-electron chi connectivity index (χ1n) is 3.20. The molecule has 0 aromatic rings. The van der Waals surface area contributed by atoms with Crippen LogP contribution in [0.2, 0.25) is 0 Å². The van der Waals surface area contributed by atoms with Crippen LogP contribution < -0.4 is 0 Å². The van der Waals surface area contributed by atoms with Crippen molar-refractivity contribution in [3.05, 3.63) is 0 Å². The van der Waals surface area contributed by atoms with Crippen LogP contribution in [0.4, 0.5) is 0 Å². The topological polar surface area (TPSA) is 9.23 Å². The first-order chi connectivity index (χ1) is 4.06. The van der Waals surface area contributed by atoms with Crippen molar-refractivity contribution in [2.45, 2.75) is 20.8 Å². The predicted octanol–water partition coefficient (Wildman–Crippen LogP) is 1.86. The molecule has 0 rings (SSSR count). The summed E-state index contributed by atoms with van der Waals surface area (Å²) in [5, 5.41) is 0. The highest BCUT2D eigenvalue weighted by Crippen LogP contribution is 2.12. The predicted molar refractivity (Wildman–Crippen MR) is 41.9 cm³/mol. The quantitative estimate of drug-likeness (QED) is 0.453. The molecule has 0 N–H and O–H groups in total. The van der Waals surface area contributed by atoms with Crippen molar-refractivity contribution in [3.63, 3.8) is 0 Å². The molecule has 0 fully saturated rings. The van der Waals surface area contributed by atoms with E-state index >= 15 is 0 Å². The van der Waals surface area contributed by atoms with Gasteiger partial charge in [-0.15, -0.1) is 0 Å². The van der Waals surface area contributed by atoms with Crippen LogP contribution in [0.3, 0.4) is 0 Å². The lowest BCUT2D eigenvalue weighted by molar-refractivity contribution is 0.102. The van der Waals surface area contributed by atoms with Gasteiger partial charge in [0.05, 0.1) is 0 Å². The van der Waals surface area contributed by atoms with E-state index in [9.17, 15) is 0 Å². The second-order valence-electron chi connectivity index (χ2n) is 3.30. The second-order valence-corrected chi connectivity index (χ2v) is 5.22. The lowest BCUT2D eigenvalue weighted by Crippen LogP contribution is -2.15. The number of ether oxygens (including phenoxy) is 1. The molecule has 0 amide bonds. The molecule has 0 aromatic heterocycles. The first-order valence-corrected chi connectivity index (χ1v) is 6.34. The van der Waals surface area contributed by atoms with Gasteiger partial charge >= 0.3 is 19.3 Å². The number of halogens is 1. The second kappa shape index (κ2) is 4.77. The molecule has 0 saturated heterocycles. The van der Waals surface area contributed by atoms with Crippen LogP contribution in [0, 0.1) is 5.41 Å². The minimum Gasteiger partial charge on any atom is -0.406 e. The lowest BCUT2D eigenvalue weighted by atomic mass is 9.99. The minimum absolute atomic E-state index is 0.292. The third-order valence-corrected chi connectivity index (χ3v) is 1.66. The molecule has 0 bridgehead atoms. The van der Waals surface area contributed by atoms with Gasteiger partial charge in [0.25, 0.3) is 0 Å². The summed E-state index contributed by atoms with van der Waals surface area (Å²) < 4.78 is 6.08. The molecule has 0 unspecified atom stereocenters. The SMILES string of the molecule is CC(C)(C)CO[CH2][Mg][Cl]. The van der Waals surface area contributed by atoms with Crippen molar-refractivity contribution in [3.8, 4) is 0 Å². The van der Waals surface area contributed by atoms with E-state index in [1.54, 1.807) is 0 Å². The summed E-state index contributed by atoms with van der Waals surface area (Å²) in [5.74, 6) is 0. The van der Waals surface area contributed by atoms with Crippen LogP contribution in [-0.2, 0) is 4.74 Å². The van der Waals surface area contributed by atoms with E-state index in [-0.39, 0.29) is 0 Å². The fourth-order valence-electron chi connectivity index (χ4n) is 0.433. The summed E-state index contributed by atoms with van der Waals surface area (Å²) in [4.78, 5) is 0. The van der Waals surface area contributed by atoms with Crippen molar-refractivity contribution in [1.29, 1.82) is 0 Å². The van der Waals surface area contributed by atoms with E-state index in [0.717, 1.165) is 11.3 Å². The monoisotopic (exact) mass is 160 g/mol. The van der Waals surface area contributed by atoms with Gasteiger partial charge in [-0.1, -0.05) is 20.8 Å². The summed E-state index contributed by atoms with van der Waals surface area (Å²) in [6, 6.07) is 0. The standard InChI is InChI=1S/C6H13O.ClH.Mg/c1-6(2,3)5-7-4;;/h4-5H2,1-3H3;1H;/q;;+1/p-1. The van der Waals surface area contributed by atoms with Crippen LogP contribution in [0.15, 0.2) is 0 Å². The molecule has 0 saturated carbocycles. The number of hydrogen-bond donors (Lipinski definition) is 0. The normalized spacial score (nSPS) is 11.1. The Morgan fingerprint density at radius 1 is 1.44 bits per heavy atom. The lowest BCUT2D eigenvalue weighted by Gasteiger charge is -2.17. The van der Waals surface area contributed by atoms with Gasteiger partial charge in [-0.25, -0.2) is 0 Å². The van der Waals surface area contributed by atoms with E-state index in [1.165, 1.54) is 0 Å². The summed E-state index contributed by atoms with van der Waals surface area (Å²) in [5.41, 5.74) is 0.292. The largest absolute Gasteiger partial charge is 0.532 e. The Bertz CT molecular complexity index is 69.9. The highest BCUT2D eigenvalue weighted by Gasteiger charge is 2.09. The van der Waals surface area contributed by atoms with Gasteiger partial charge in [0.1, 0.15) is 0 Å². The van der Waals surface area contributed by atoms with Crippen LogP contribution >= 0.6 is 9.07 Å². The number of rotatable bonds is 3. The molecular formula is C6H13ClMgO. The van der Waals surface area contributed by atoms with Gasteiger partial charge in [0.2, 0.25) is 0 Å². The van der Waals surface area contributed by atoms with E-state index in [0.29, 0.717) is 5.41 Å². The fraction of sp³-hybridized carbons (Fsp3) is 1.00. The Kier molecular flexibility index (Phi) is 5.31. The van der Waals surface area contributed by atoms with Gasteiger partial charge < -0.3 is 13.8 Å². The highest BCUT2D eigenvalue weighted by atomic mass is 35.5. The molecule has 9 heavy (non-hydrogen) atoms. The Hall–Kier alpha value is 1.02. The summed E-state index contributed by atoms with van der Waals surface area (Å²) in [7, 11) is 5.54. The van der Waals surface area contributed by atoms with Gasteiger partial charge in [0.15, 0.2) is 0 Å². The number of hydrogen-bond acceptors (Lipinski definition) is 1. The average Bonchev–Trinajstić information content (AvgIpc) is 1.63. The van der Waals surface area contributed by atoms with Crippen molar-refractivity contribution in [2.24, 2.45) is 5.41 Å². The van der Waals surface area contributed by atoms with Crippen LogP contribution in [0.1, 0.15) is 20.8 Å². The van der Waals surface area contributed by atoms with Crippen molar-refractivity contribution in [1.82, 2.24) is 0 Å². The molecule has 0 heterocycles. The minimum atomic E-state index is -0.405. The van der Waals surface area contributed by atoms with E-state index in [2.05, 4.69) is 20.8 Å². The van der Waals surface area contributed by atoms with Crippen LogP contribution in [0.25, 0.3) is 0 Å². The molecule has 0 atom stereocenters. The van der Waals surface area contributed by atoms with Gasteiger partial charge in [-0.3, -0.25) is 0 Å². The first kappa shape index (κ1) is 10.0.